The number of aliphatic hydroxyl groups excluding tert-OH is 1. The Bertz CT molecular complexity index is 607. The molecule has 2 aliphatic rings. The number of carbonyl (C=O) groups excluding carboxylic acids is 2. The number of hydrogen-bond acceptors (Lipinski definition) is 6. The smallest absolute Gasteiger partial charge is 0.352 e. The van der Waals surface area contributed by atoms with Crippen LogP contribution < -0.4 is 11.5 Å². The first-order valence-electron chi connectivity index (χ1n) is 7.46. The topological polar surface area (TPSA) is 170 Å². The van der Waals surface area contributed by atoms with Crippen LogP contribution in [0.1, 0.15) is 20.3 Å². The van der Waals surface area contributed by atoms with Crippen molar-refractivity contribution in [3.05, 3.63) is 11.3 Å². The van der Waals surface area contributed by atoms with Crippen LogP contribution in [0.4, 0.5) is 0 Å². The van der Waals surface area contributed by atoms with E-state index in [1.165, 1.54) is 13.8 Å². The summed E-state index contributed by atoms with van der Waals surface area (Å²) >= 11 is -1.63. The lowest BCUT2D eigenvalue weighted by Gasteiger charge is -2.44. The zero-order valence-corrected chi connectivity index (χ0v) is 14.2. The van der Waals surface area contributed by atoms with Gasteiger partial charge in [0.1, 0.15) is 22.7 Å². The minimum absolute atomic E-state index is 0.114. The highest BCUT2D eigenvalue weighted by molar-refractivity contribution is 7.92. The van der Waals surface area contributed by atoms with E-state index in [1.54, 1.807) is 0 Å². The van der Waals surface area contributed by atoms with Gasteiger partial charge in [-0.15, -0.1) is 0 Å². The predicted octanol–water partition coefficient (Wildman–Crippen LogP) is -2.11. The second-order valence-corrected chi connectivity index (χ2v) is 7.96. The van der Waals surface area contributed by atoms with Gasteiger partial charge < -0.3 is 31.1 Å². The molecule has 0 bridgehead atoms. The van der Waals surface area contributed by atoms with Gasteiger partial charge in [0.2, 0.25) is 11.8 Å². The van der Waals surface area contributed by atoms with Crippen molar-refractivity contribution in [2.75, 3.05) is 5.75 Å². The van der Waals surface area contributed by atoms with Crippen LogP contribution in [0.2, 0.25) is 0 Å². The standard InChI is InChI=1S/C14H21N3O6S/c1-5(18)9-8-3-7(11(14(21)22)17(8)13(9)20)4-24(23)6(2)10(15)12(16)19/h5-6,8-10,18H,3-4,15H2,1-2H3,(H2,16,19)(H,21,22). The molecule has 0 aromatic rings. The molecule has 9 nitrogen and oxygen atoms in total. The minimum Gasteiger partial charge on any atom is -0.616 e. The normalized spacial score (nSPS) is 28.0. The number of primary amides is 1. The molecule has 0 aromatic carbocycles. The molecule has 0 saturated carbocycles. The number of nitrogens with zero attached hydrogens (tertiary/aromatic N) is 1. The Balaban J connectivity index is 2.19. The van der Waals surface area contributed by atoms with Crippen LogP contribution in [0.15, 0.2) is 11.3 Å². The van der Waals surface area contributed by atoms with Gasteiger partial charge in [-0.2, -0.15) is 0 Å². The predicted molar refractivity (Wildman–Crippen MR) is 84.7 cm³/mol. The van der Waals surface area contributed by atoms with Crippen LogP contribution in [0, 0.1) is 5.92 Å². The van der Waals surface area contributed by atoms with Gasteiger partial charge in [-0.3, -0.25) is 9.59 Å². The second kappa shape index (κ2) is 6.71. The second-order valence-electron chi connectivity index (χ2n) is 6.16. The molecule has 6 unspecified atom stereocenters. The Labute approximate surface area is 141 Å². The number of aliphatic carboxylic acids is 1. The number of hydrogen-bond donors (Lipinski definition) is 4. The van der Waals surface area contributed by atoms with Crippen LogP contribution in [-0.4, -0.2) is 66.6 Å². The number of carboxylic acid groups (broad SMARTS) is 1. The maximum absolute atomic E-state index is 12.4. The van der Waals surface area contributed by atoms with Crippen LogP contribution in [0.5, 0.6) is 0 Å². The molecule has 10 heteroatoms. The summed E-state index contributed by atoms with van der Waals surface area (Å²) < 4.78 is 12.4. The van der Waals surface area contributed by atoms with Gasteiger partial charge in [0.05, 0.1) is 18.1 Å². The van der Waals surface area contributed by atoms with E-state index in [-0.39, 0.29) is 17.9 Å². The Morgan fingerprint density at radius 3 is 2.50 bits per heavy atom. The molecule has 6 N–H and O–H groups in total. The van der Waals surface area contributed by atoms with Crippen molar-refractivity contribution in [1.82, 2.24) is 4.90 Å². The van der Waals surface area contributed by atoms with Crippen LogP contribution in [0.3, 0.4) is 0 Å². The number of carbonyl (C=O) groups is 3. The maximum Gasteiger partial charge on any atom is 0.352 e. The minimum atomic E-state index is -1.63. The number of fused-ring (bicyclic) bond motifs is 1. The Morgan fingerprint density at radius 1 is 1.46 bits per heavy atom. The molecule has 2 heterocycles. The number of aliphatic hydroxyl groups is 1. The molecule has 134 valence electrons. The maximum atomic E-state index is 12.4. The molecule has 2 amide bonds. The lowest BCUT2D eigenvalue weighted by atomic mass is 9.83. The fourth-order valence-electron chi connectivity index (χ4n) is 3.19. The van der Waals surface area contributed by atoms with Gasteiger partial charge in [-0.25, -0.2) is 4.79 Å². The highest BCUT2D eigenvalue weighted by Gasteiger charge is 2.57. The van der Waals surface area contributed by atoms with E-state index in [4.69, 9.17) is 11.5 Å². The number of amides is 2. The van der Waals surface area contributed by atoms with Gasteiger partial charge >= 0.3 is 5.97 Å². The van der Waals surface area contributed by atoms with E-state index in [0.29, 0.717) is 5.57 Å². The fourth-order valence-corrected chi connectivity index (χ4v) is 4.51. The van der Waals surface area contributed by atoms with Crippen molar-refractivity contribution < 1.29 is 29.1 Å². The van der Waals surface area contributed by atoms with Crippen LogP contribution in [0.25, 0.3) is 0 Å². The number of β-lactam (4-membered cyclic amide) rings is 1. The van der Waals surface area contributed by atoms with Gasteiger partial charge in [0.25, 0.3) is 0 Å². The zero-order valence-electron chi connectivity index (χ0n) is 13.3. The van der Waals surface area contributed by atoms with E-state index < -0.39 is 58.3 Å². The van der Waals surface area contributed by atoms with Crippen molar-refractivity contribution in [1.29, 1.82) is 0 Å². The van der Waals surface area contributed by atoms with Crippen molar-refractivity contribution in [3.63, 3.8) is 0 Å². The highest BCUT2D eigenvalue weighted by Crippen LogP contribution is 2.44. The quantitative estimate of drug-likeness (QED) is 0.297. The van der Waals surface area contributed by atoms with E-state index in [1.807, 2.05) is 0 Å². The van der Waals surface area contributed by atoms with Gasteiger partial charge in [-0.1, -0.05) is 0 Å². The number of nitrogens with two attached hydrogens (primary N) is 2. The first kappa shape index (κ1) is 18.7. The first-order valence-corrected chi connectivity index (χ1v) is 8.84. The lowest BCUT2D eigenvalue weighted by molar-refractivity contribution is -0.161. The molecule has 1 saturated heterocycles. The Morgan fingerprint density at radius 2 is 2.04 bits per heavy atom. The average Bonchev–Trinajstić information content (AvgIpc) is 2.79. The third kappa shape index (κ3) is 3.02. The Hall–Kier alpha value is -1.62. The molecule has 2 rings (SSSR count). The molecule has 1 fully saturated rings. The summed E-state index contributed by atoms with van der Waals surface area (Å²) in [6.07, 6.45) is -0.659. The average molecular weight is 359 g/mol. The molecule has 0 spiro atoms. The lowest BCUT2D eigenvalue weighted by Crippen LogP contribution is -2.61. The van der Waals surface area contributed by atoms with Crippen molar-refractivity contribution in [3.8, 4) is 0 Å². The van der Waals surface area contributed by atoms with Gasteiger partial charge in [0, 0.05) is 5.57 Å². The fraction of sp³-hybridized carbons (Fsp3) is 0.643. The number of carboxylic acids is 1. The summed E-state index contributed by atoms with van der Waals surface area (Å²) in [5, 5.41) is 18.3. The number of rotatable bonds is 7. The van der Waals surface area contributed by atoms with Crippen molar-refractivity contribution in [2.24, 2.45) is 17.4 Å². The van der Waals surface area contributed by atoms with E-state index in [9.17, 15) is 29.1 Å². The molecular weight excluding hydrogens is 338 g/mol. The third-order valence-corrected chi connectivity index (χ3v) is 6.34. The molecule has 6 atom stereocenters. The van der Waals surface area contributed by atoms with E-state index >= 15 is 0 Å². The summed E-state index contributed by atoms with van der Waals surface area (Å²) in [6.45, 7) is 2.98. The molecule has 0 aliphatic carbocycles. The summed E-state index contributed by atoms with van der Waals surface area (Å²) in [5.74, 6) is -3.29. The molecule has 2 aliphatic heterocycles. The largest absolute Gasteiger partial charge is 0.616 e. The summed E-state index contributed by atoms with van der Waals surface area (Å²) in [7, 11) is 0. The molecule has 0 aromatic heterocycles. The zero-order chi connectivity index (χ0) is 18.3. The van der Waals surface area contributed by atoms with Crippen molar-refractivity contribution >= 4 is 29.0 Å². The summed E-state index contributed by atoms with van der Waals surface area (Å²) in [6, 6.07) is -1.54. The van der Waals surface area contributed by atoms with Gasteiger partial charge in [-0.05, 0) is 31.4 Å². The third-order valence-electron chi connectivity index (χ3n) is 4.59. The van der Waals surface area contributed by atoms with Crippen LogP contribution >= 0.6 is 0 Å². The first-order chi connectivity index (χ1) is 11.1. The highest BCUT2D eigenvalue weighted by atomic mass is 32.2. The molecule has 24 heavy (non-hydrogen) atoms. The van der Waals surface area contributed by atoms with E-state index in [0.717, 1.165) is 4.90 Å². The van der Waals surface area contributed by atoms with E-state index in [2.05, 4.69) is 0 Å². The SMILES string of the molecule is CC(O)C1C(=O)N2C(C(=O)O)=C(C[S+]([O-])C(C)C(N)C(N)=O)CC12. The molecule has 0 radical (unpaired) electrons. The van der Waals surface area contributed by atoms with Crippen molar-refractivity contribution in [2.45, 2.75) is 43.7 Å². The molecular formula is C14H21N3O6S. The monoisotopic (exact) mass is 359 g/mol. The van der Waals surface area contributed by atoms with Gasteiger partial charge in [0.15, 0.2) is 0 Å². The summed E-state index contributed by atoms with van der Waals surface area (Å²) in [5.41, 5.74) is 10.8. The van der Waals surface area contributed by atoms with Crippen LogP contribution in [-0.2, 0) is 25.6 Å². The summed E-state index contributed by atoms with van der Waals surface area (Å²) in [4.78, 5) is 35.8. The Kier molecular flexibility index (Phi) is 5.23.